The minimum atomic E-state index is -0.116. The van der Waals surface area contributed by atoms with Crippen LogP contribution in [-0.2, 0) is 6.42 Å². The van der Waals surface area contributed by atoms with Crippen LogP contribution in [0.1, 0.15) is 24.5 Å². The molecule has 70 valence electrons. The standard InChI is InChI=1S/C12H15F/c1-3-4-5-6-11-7-8-12(13)10(2)9-11/h3-4,7-9H,5-6H2,1-2H3/b4-3-. The fraction of sp³-hybridized carbons (Fsp3) is 0.333. The van der Waals surface area contributed by atoms with Gasteiger partial charge in [-0.05, 0) is 43.9 Å². The number of benzene rings is 1. The van der Waals surface area contributed by atoms with Crippen LogP contribution < -0.4 is 0 Å². The molecule has 1 aromatic rings. The van der Waals surface area contributed by atoms with Gasteiger partial charge in [0.2, 0.25) is 0 Å². The average Bonchev–Trinajstić information content (AvgIpc) is 2.12. The lowest BCUT2D eigenvalue weighted by Crippen LogP contribution is -1.87. The molecule has 0 heterocycles. The zero-order chi connectivity index (χ0) is 9.68. The molecular formula is C12H15F. The van der Waals surface area contributed by atoms with Gasteiger partial charge < -0.3 is 0 Å². The summed E-state index contributed by atoms with van der Waals surface area (Å²) in [5.41, 5.74) is 1.94. The van der Waals surface area contributed by atoms with E-state index in [1.165, 1.54) is 5.56 Å². The van der Waals surface area contributed by atoms with Crippen molar-refractivity contribution in [2.24, 2.45) is 0 Å². The molecule has 0 saturated heterocycles. The molecule has 1 aromatic carbocycles. The molecule has 0 aliphatic carbocycles. The fourth-order valence-electron chi connectivity index (χ4n) is 1.28. The average molecular weight is 178 g/mol. The SMILES string of the molecule is C/C=C\CCc1ccc(F)c(C)c1. The van der Waals surface area contributed by atoms with Gasteiger partial charge in [-0.15, -0.1) is 0 Å². The first-order valence-electron chi connectivity index (χ1n) is 4.60. The van der Waals surface area contributed by atoms with Crippen LogP contribution in [0, 0.1) is 12.7 Å². The summed E-state index contributed by atoms with van der Waals surface area (Å²) in [6.07, 6.45) is 6.18. The lowest BCUT2D eigenvalue weighted by atomic mass is 10.1. The highest BCUT2D eigenvalue weighted by molar-refractivity contribution is 5.24. The van der Waals surface area contributed by atoms with Crippen molar-refractivity contribution in [1.82, 2.24) is 0 Å². The molecule has 0 aromatic heterocycles. The van der Waals surface area contributed by atoms with Gasteiger partial charge in [0.25, 0.3) is 0 Å². The largest absolute Gasteiger partial charge is 0.207 e. The summed E-state index contributed by atoms with van der Waals surface area (Å²) in [6.45, 7) is 3.81. The van der Waals surface area contributed by atoms with Gasteiger partial charge >= 0.3 is 0 Å². The zero-order valence-electron chi connectivity index (χ0n) is 8.18. The van der Waals surface area contributed by atoms with E-state index in [4.69, 9.17) is 0 Å². The molecule has 0 unspecified atom stereocenters. The molecule has 0 aliphatic rings. The first-order chi connectivity index (χ1) is 6.24. The normalized spacial score (nSPS) is 11.0. The van der Waals surface area contributed by atoms with Gasteiger partial charge in [-0.3, -0.25) is 0 Å². The van der Waals surface area contributed by atoms with E-state index < -0.39 is 0 Å². The lowest BCUT2D eigenvalue weighted by molar-refractivity contribution is 0.617. The summed E-state index contributed by atoms with van der Waals surface area (Å²) in [5, 5.41) is 0. The molecule has 1 rings (SSSR count). The van der Waals surface area contributed by atoms with Crippen LogP contribution in [0.5, 0.6) is 0 Å². The van der Waals surface area contributed by atoms with Crippen LogP contribution in [0.15, 0.2) is 30.4 Å². The van der Waals surface area contributed by atoms with Crippen LogP contribution in [0.25, 0.3) is 0 Å². The van der Waals surface area contributed by atoms with Crippen molar-refractivity contribution in [2.75, 3.05) is 0 Å². The van der Waals surface area contributed by atoms with Crippen molar-refractivity contribution >= 4 is 0 Å². The second-order valence-electron chi connectivity index (χ2n) is 3.19. The van der Waals surface area contributed by atoms with Gasteiger partial charge in [-0.2, -0.15) is 0 Å². The summed E-state index contributed by atoms with van der Waals surface area (Å²) in [6, 6.07) is 5.31. The second-order valence-corrected chi connectivity index (χ2v) is 3.19. The third-order valence-corrected chi connectivity index (χ3v) is 2.06. The maximum Gasteiger partial charge on any atom is 0.126 e. The fourth-order valence-corrected chi connectivity index (χ4v) is 1.28. The van der Waals surface area contributed by atoms with Gasteiger partial charge in [0.15, 0.2) is 0 Å². The Morgan fingerprint density at radius 2 is 2.15 bits per heavy atom. The van der Waals surface area contributed by atoms with Gasteiger partial charge in [0.05, 0.1) is 0 Å². The highest BCUT2D eigenvalue weighted by Crippen LogP contribution is 2.10. The van der Waals surface area contributed by atoms with Crippen molar-refractivity contribution < 1.29 is 4.39 Å². The third-order valence-electron chi connectivity index (χ3n) is 2.06. The van der Waals surface area contributed by atoms with Crippen molar-refractivity contribution in [3.8, 4) is 0 Å². The van der Waals surface area contributed by atoms with Crippen LogP contribution in [0.4, 0.5) is 4.39 Å². The number of hydrogen-bond donors (Lipinski definition) is 0. The smallest absolute Gasteiger partial charge is 0.126 e. The first-order valence-corrected chi connectivity index (χ1v) is 4.60. The Kier molecular flexibility index (Phi) is 3.69. The van der Waals surface area contributed by atoms with E-state index in [1.54, 1.807) is 13.0 Å². The molecule has 0 atom stereocenters. The van der Waals surface area contributed by atoms with Gasteiger partial charge in [-0.1, -0.05) is 24.3 Å². The first kappa shape index (κ1) is 9.97. The molecular weight excluding hydrogens is 163 g/mol. The van der Waals surface area contributed by atoms with E-state index >= 15 is 0 Å². The maximum absolute atomic E-state index is 12.9. The minimum absolute atomic E-state index is 0.116. The van der Waals surface area contributed by atoms with E-state index in [1.807, 2.05) is 25.1 Å². The quantitative estimate of drug-likeness (QED) is 0.620. The van der Waals surface area contributed by atoms with Crippen molar-refractivity contribution in [2.45, 2.75) is 26.7 Å². The van der Waals surface area contributed by atoms with E-state index in [9.17, 15) is 4.39 Å². The summed E-state index contributed by atoms with van der Waals surface area (Å²) in [5.74, 6) is -0.116. The lowest BCUT2D eigenvalue weighted by Gasteiger charge is -2.01. The van der Waals surface area contributed by atoms with Gasteiger partial charge in [0.1, 0.15) is 5.82 Å². The Balaban J connectivity index is 2.63. The van der Waals surface area contributed by atoms with E-state index in [0.717, 1.165) is 18.4 Å². The topological polar surface area (TPSA) is 0 Å². The Morgan fingerprint density at radius 1 is 1.38 bits per heavy atom. The maximum atomic E-state index is 12.9. The summed E-state index contributed by atoms with van der Waals surface area (Å²) in [7, 11) is 0. The molecule has 0 amide bonds. The minimum Gasteiger partial charge on any atom is -0.207 e. The molecule has 0 radical (unpaired) electrons. The zero-order valence-corrected chi connectivity index (χ0v) is 8.18. The summed E-state index contributed by atoms with van der Waals surface area (Å²) < 4.78 is 12.9. The van der Waals surface area contributed by atoms with Crippen LogP contribution in [0.2, 0.25) is 0 Å². The predicted molar refractivity (Wildman–Crippen MR) is 54.3 cm³/mol. The third kappa shape index (κ3) is 3.02. The summed E-state index contributed by atoms with van der Waals surface area (Å²) >= 11 is 0. The Hall–Kier alpha value is -1.11. The number of hydrogen-bond acceptors (Lipinski definition) is 0. The number of aryl methyl sites for hydroxylation is 2. The summed E-state index contributed by atoms with van der Waals surface area (Å²) in [4.78, 5) is 0. The Labute approximate surface area is 79.1 Å². The predicted octanol–water partition coefficient (Wildman–Crippen LogP) is 3.64. The van der Waals surface area contributed by atoms with Crippen LogP contribution >= 0.6 is 0 Å². The molecule has 0 fully saturated rings. The highest BCUT2D eigenvalue weighted by atomic mass is 19.1. The molecule has 13 heavy (non-hydrogen) atoms. The monoisotopic (exact) mass is 178 g/mol. The van der Waals surface area contributed by atoms with Gasteiger partial charge in [0, 0.05) is 0 Å². The van der Waals surface area contributed by atoms with Crippen molar-refractivity contribution in [3.63, 3.8) is 0 Å². The Morgan fingerprint density at radius 3 is 2.77 bits per heavy atom. The van der Waals surface area contributed by atoms with E-state index in [-0.39, 0.29) is 5.82 Å². The molecule has 1 heteroatoms. The Bertz CT molecular complexity index is 300. The van der Waals surface area contributed by atoms with E-state index in [2.05, 4.69) is 6.08 Å². The van der Waals surface area contributed by atoms with E-state index in [0.29, 0.717) is 0 Å². The van der Waals surface area contributed by atoms with Crippen LogP contribution in [-0.4, -0.2) is 0 Å². The molecule has 0 aliphatic heterocycles. The van der Waals surface area contributed by atoms with Crippen LogP contribution in [0.3, 0.4) is 0 Å². The molecule has 0 spiro atoms. The van der Waals surface area contributed by atoms with Crippen molar-refractivity contribution in [1.29, 1.82) is 0 Å². The molecule has 0 N–H and O–H groups in total. The number of halogens is 1. The van der Waals surface area contributed by atoms with Gasteiger partial charge in [-0.25, -0.2) is 4.39 Å². The second kappa shape index (κ2) is 4.80. The molecule has 0 saturated carbocycles. The number of allylic oxidation sites excluding steroid dienone is 2. The molecule has 0 nitrogen and oxygen atoms in total. The highest BCUT2D eigenvalue weighted by Gasteiger charge is 1.97. The number of rotatable bonds is 3. The molecule has 0 bridgehead atoms. The van der Waals surface area contributed by atoms with Crippen molar-refractivity contribution in [3.05, 3.63) is 47.3 Å².